The first-order chi connectivity index (χ1) is 27.6. The second-order valence-corrected chi connectivity index (χ2v) is 15.0. The number of carbonyl (C=O) groups excluding carboxylic acids is 2. The molecule has 2 N–H and O–H groups in total. The summed E-state index contributed by atoms with van der Waals surface area (Å²) in [4.78, 5) is 24.2. The largest absolute Gasteiger partial charge is 0.493 e. The zero-order valence-corrected chi connectivity index (χ0v) is 34.5. The van der Waals surface area contributed by atoms with Gasteiger partial charge in [-0.25, -0.2) is 9.59 Å². The highest BCUT2D eigenvalue weighted by Crippen LogP contribution is 2.37. The van der Waals surface area contributed by atoms with Crippen LogP contribution in [-0.4, -0.2) is 55.2 Å². The minimum Gasteiger partial charge on any atom is -0.493 e. The second-order valence-electron chi connectivity index (χ2n) is 15.0. The fourth-order valence-corrected chi connectivity index (χ4v) is 6.78. The van der Waals surface area contributed by atoms with Crippen molar-refractivity contribution in [3.05, 3.63) is 125 Å². The van der Waals surface area contributed by atoms with Crippen molar-refractivity contribution >= 4 is 11.9 Å². The maximum Gasteiger partial charge on any atom is 0.333 e. The van der Waals surface area contributed by atoms with E-state index in [1.165, 1.54) is 41.5 Å². The van der Waals surface area contributed by atoms with Gasteiger partial charge in [0.2, 0.25) is 0 Å². The van der Waals surface area contributed by atoms with Crippen molar-refractivity contribution in [2.75, 3.05) is 33.0 Å². The van der Waals surface area contributed by atoms with Gasteiger partial charge in [-0.1, -0.05) is 107 Å². The van der Waals surface area contributed by atoms with Crippen molar-refractivity contribution in [3.8, 4) is 39.1 Å². The highest BCUT2D eigenvalue weighted by atomic mass is 16.5. The molecule has 7 heteroatoms. The lowest BCUT2D eigenvalue weighted by Gasteiger charge is -2.21. The van der Waals surface area contributed by atoms with Gasteiger partial charge in [-0.15, -0.1) is 0 Å². The summed E-state index contributed by atoms with van der Waals surface area (Å²) >= 11 is 0. The molecule has 0 saturated heterocycles. The Bertz CT molecular complexity index is 1860. The molecule has 0 aliphatic rings. The van der Waals surface area contributed by atoms with Crippen molar-refractivity contribution in [1.29, 1.82) is 0 Å². The molecule has 4 aromatic rings. The lowest BCUT2D eigenvalue weighted by molar-refractivity contribution is -0.139. The van der Waals surface area contributed by atoms with Gasteiger partial charge in [-0.2, -0.15) is 0 Å². The number of benzene rings is 4. The van der Waals surface area contributed by atoms with E-state index in [1.54, 1.807) is 13.8 Å². The van der Waals surface area contributed by atoms with Crippen molar-refractivity contribution in [2.45, 2.75) is 91.9 Å². The third kappa shape index (κ3) is 13.6. The predicted molar refractivity (Wildman–Crippen MR) is 231 cm³/mol. The van der Waals surface area contributed by atoms with Crippen LogP contribution in [0.3, 0.4) is 0 Å². The first-order valence-electron chi connectivity index (χ1n) is 20.6. The van der Waals surface area contributed by atoms with Gasteiger partial charge in [0.25, 0.3) is 0 Å². The number of aliphatic hydroxyl groups is 2. The fourth-order valence-electron chi connectivity index (χ4n) is 6.78. The molecule has 0 atom stereocenters. The number of esters is 2. The Kier molecular flexibility index (Phi) is 18.3. The number of carbonyl (C=O) groups is 2. The molecule has 0 radical (unpaired) electrons. The van der Waals surface area contributed by atoms with Gasteiger partial charge >= 0.3 is 11.9 Å². The summed E-state index contributed by atoms with van der Waals surface area (Å²) in [7, 11) is 0. The monoisotopic (exact) mass is 774 g/mol. The molecule has 0 saturated carbocycles. The van der Waals surface area contributed by atoms with Crippen LogP contribution in [-0.2, 0) is 44.7 Å². The Labute approximate surface area is 340 Å². The average molecular weight is 775 g/mol. The Morgan fingerprint density at radius 2 is 1.09 bits per heavy atom. The topological polar surface area (TPSA) is 102 Å². The van der Waals surface area contributed by atoms with Crippen LogP contribution in [0.1, 0.15) is 88.5 Å². The molecule has 0 fully saturated rings. The fraction of sp³-hybridized carbons (Fsp3) is 0.400. The van der Waals surface area contributed by atoms with Crippen molar-refractivity contribution in [2.24, 2.45) is 5.92 Å². The molecule has 4 aromatic carbocycles. The summed E-state index contributed by atoms with van der Waals surface area (Å²) in [6.07, 6.45) is 8.47. The van der Waals surface area contributed by atoms with Gasteiger partial charge in [-0.05, 0) is 133 Å². The third-order valence-corrected chi connectivity index (χ3v) is 10.2. The molecule has 4 rings (SSSR count). The van der Waals surface area contributed by atoms with E-state index in [1.807, 2.05) is 0 Å². The summed E-state index contributed by atoms with van der Waals surface area (Å²) < 4.78 is 17.3. The molecule has 0 amide bonds. The minimum absolute atomic E-state index is 0.131. The summed E-state index contributed by atoms with van der Waals surface area (Å²) in [6.45, 7) is 15.5. The third-order valence-electron chi connectivity index (χ3n) is 10.2. The maximum absolute atomic E-state index is 12.1. The Morgan fingerprint density at radius 1 is 0.596 bits per heavy atom. The number of aryl methyl sites for hydroxylation is 4. The van der Waals surface area contributed by atoms with Crippen LogP contribution in [0.15, 0.2) is 103 Å². The van der Waals surface area contributed by atoms with E-state index in [9.17, 15) is 19.8 Å². The molecule has 0 bridgehead atoms. The van der Waals surface area contributed by atoms with Crippen LogP contribution >= 0.6 is 0 Å². The van der Waals surface area contributed by atoms with E-state index in [2.05, 4.69) is 106 Å². The van der Waals surface area contributed by atoms with Crippen LogP contribution in [0.2, 0.25) is 0 Å². The van der Waals surface area contributed by atoms with E-state index in [4.69, 9.17) is 14.2 Å². The quantitative estimate of drug-likeness (QED) is 0.0415. The number of aliphatic hydroxyl groups excluding tert-OH is 2. The average Bonchev–Trinajstić information content (AvgIpc) is 3.23. The van der Waals surface area contributed by atoms with E-state index in [-0.39, 0.29) is 32.3 Å². The second kappa shape index (κ2) is 23.3. The van der Waals surface area contributed by atoms with Crippen molar-refractivity contribution in [1.82, 2.24) is 0 Å². The lowest BCUT2D eigenvalue weighted by atomic mass is 9.89. The van der Waals surface area contributed by atoms with Gasteiger partial charge in [0, 0.05) is 30.3 Å². The number of ether oxygens (including phenoxy) is 3. The van der Waals surface area contributed by atoms with Crippen molar-refractivity contribution in [3.63, 3.8) is 0 Å². The predicted octanol–water partition coefficient (Wildman–Crippen LogP) is 10.5. The molecule has 57 heavy (non-hydrogen) atoms. The van der Waals surface area contributed by atoms with Gasteiger partial charge < -0.3 is 24.4 Å². The van der Waals surface area contributed by atoms with Gasteiger partial charge in [-0.3, -0.25) is 0 Å². The zero-order chi connectivity index (χ0) is 41.2. The van der Waals surface area contributed by atoms with Crippen LogP contribution < -0.4 is 4.74 Å². The number of unbranched alkanes of at least 4 members (excludes halogenated alkanes) is 2. The van der Waals surface area contributed by atoms with E-state index in [0.29, 0.717) is 49.9 Å². The summed E-state index contributed by atoms with van der Waals surface area (Å²) in [6, 6.07) is 28.7. The summed E-state index contributed by atoms with van der Waals surface area (Å²) in [5.41, 5.74) is 12.1. The van der Waals surface area contributed by atoms with Crippen LogP contribution in [0.5, 0.6) is 5.75 Å². The normalized spacial score (nSPS) is 11.1. The van der Waals surface area contributed by atoms with E-state index in [0.717, 1.165) is 52.0 Å². The first kappa shape index (κ1) is 44.7. The molecular weight excluding hydrogens is 713 g/mol. The van der Waals surface area contributed by atoms with Crippen molar-refractivity contribution < 1.29 is 34.0 Å². The molecular formula is C50H62O7. The highest BCUT2D eigenvalue weighted by molar-refractivity contribution is 5.87. The van der Waals surface area contributed by atoms with E-state index >= 15 is 0 Å². The Morgan fingerprint density at radius 3 is 1.58 bits per heavy atom. The lowest BCUT2D eigenvalue weighted by Crippen LogP contribution is -2.16. The van der Waals surface area contributed by atoms with Crippen LogP contribution in [0.4, 0.5) is 0 Å². The Hall–Kier alpha value is -4.98. The number of rotatable bonds is 24. The molecule has 0 heterocycles. The van der Waals surface area contributed by atoms with E-state index < -0.39 is 11.9 Å². The summed E-state index contributed by atoms with van der Waals surface area (Å²) in [5, 5.41) is 19.4. The highest BCUT2D eigenvalue weighted by Gasteiger charge is 2.18. The zero-order valence-electron chi connectivity index (χ0n) is 34.5. The smallest absolute Gasteiger partial charge is 0.333 e. The van der Waals surface area contributed by atoms with Gasteiger partial charge in [0.1, 0.15) is 5.75 Å². The molecule has 0 aliphatic heterocycles. The van der Waals surface area contributed by atoms with Crippen LogP contribution in [0, 0.1) is 5.92 Å². The number of hydrogen-bond acceptors (Lipinski definition) is 7. The van der Waals surface area contributed by atoms with Gasteiger partial charge in [0.15, 0.2) is 0 Å². The standard InChI is InChI=1S/C50H62O7/c1-7-9-10-13-37-16-18-40(19-17-37)41-20-22-42(23-21-41)43-24-25-47(39(8-2)30-43)46-31-44(14-11-27-56-49(53)35(3)4)48(55-29-26-38(33-51)34-52)45(32-46)15-12-28-57-50(54)36(5)6/h16-25,30-32,38,51-52H,3,5,7-15,26-29,33-34H2,1-2,4,6H3. The first-order valence-corrected chi connectivity index (χ1v) is 20.6. The molecule has 7 nitrogen and oxygen atoms in total. The minimum atomic E-state index is -0.418. The molecule has 0 aliphatic carbocycles. The maximum atomic E-state index is 12.1. The molecule has 0 spiro atoms. The number of hydrogen-bond donors (Lipinski definition) is 2. The van der Waals surface area contributed by atoms with Crippen LogP contribution in [0.25, 0.3) is 33.4 Å². The Balaban J connectivity index is 1.66. The molecule has 304 valence electrons. The SMILES string of the molecule is C=C(C)C(=O)OCCCc1cc(-c2ccc(-c3ccc(-c4ccc(CCCCC)cc4)cc3)cc2CC)cc(CCCOC(=O)C(=C)C)c1OCCC(CO)CO. The van der Waals surface area contributed by atoms with Gasteiger partial charge in [0.05, 0.1) is 19.8 Å². The molecule has 0 aromatic heterocycles. The molecule has 0 unspecified atom stereocenters. The summed E-state index contributed by atoms with van der Waals surface area (Å²) in [5.74, 6) is -0.392.